The van der Waals surface area contributed by atoms with Crippen molar-refractivity contribution >= 4 is 15.9 Å². The Kier molecular flexibility index (Phi) is 6.33. The van der Waals surface area contributed by atoms with E-state index in [9.17, 15) is 17.6 Å². The van der Waals surface area contributed by atoms with Crippen LogP contribution in [0.25, 0.3) is 0 Å². The molecule has 7 nitrogen and oxygen atoms in total. The lowest BCUT2D eigenvalue weighted by atomic mass is 9.99. The molecule has 150 valence electrons. The predicted octanol–water partition coefficient (Wildman–Crippen LogP) is 1.53. The zero-order chi connectivity index (χ0) is 19.4. The van der Waals surface area contributed by atoms with E-state index in [2.05, 4.69) is 5.32 Å². The van der Waals surface area contributed by atoms with Gasteiger partial charge in [0.05, 0.1) is 19.1 Å². The quantitative estimate of drug-likeness (QED) is 0.783. The standard InChI is InChI=1S/C18H25FN2O5S/c1-25-16-7-6-14(19)10-17(16)27(23,24)21-8-2-4-13(12-21)18(22)20-11-15-5-3-9-26-15/h6-7,10,13,15H,2-5,8-9,11-12H2,1H3,(H,20,22). The molecule has 0 aromatic heterocycles. The molecule has 1 N–H and O–H groups in total. The number of hydrogen-bond donors (Lipinski definition) is 1. The Morgan fingerprint density at radius 1 is 1.37 bits per heavy atom. The second-order valence-corrected chi connectivity index (χ2v) is 8.78. The highest BCUT2D eigenvalue weighted by molar-refractivity contribution is 7.89. The van der Waals surface area contributed by atoms with Gasteiger partial charge in [0.25, 0.3) is 0 Å². The monoisotopic (exact) mass is 400 g/mol. The maximum absolute atomic E-state index is 13.6. The number of halogens is 1. The highest BCUT2D eigenvalue weighted by atomic mass is 32.2. The summed E-state index contributed by atoms with van der Waals surface area (Å²) in [5.74, 6) is -1.18. The minimum absolute atomic E-state index is 0.0360. The summed E-state index contributed by atoms with van der Waals surface area (Å²) in [4.78, 5) is 12.3. The van der Waals surface area contributed by atoms with Crippen LogP contribution in [0.3, 0.4) is 0 Å². The van der Waals surface area contributed by atoms with Crippen molar-refractivity contribution in [1.82, 2.24) is 9.62 Å². The van der Waals surface area contributed by atoms with Gasteiger partial charge in [0, 0.05) is 26.2 Å². The van der Waals surface area contributed by atoms with Crippen molar-refractivity contribution in [3.05, 3.63) is 24.0 Å². The lowest BCUT2D eigenvalue weighted by molar-refractivity contribution is -0.126. The summed E-state index contributed by atoms with van der Waals surface area (Å²) >= 11 is 0. The summed E-state index contributed by atoms with van der Waals surface area (Å²) < 4.78 is 51.4. The Balaban J connectivity index is 1.69. The van der Waals surface area contributed by atoms with Crippen molar-refractivity contribution < 1.29 is 27.1 Å². The molecule has 2 fully saturated rings. The van der Waals surface area contributed by atoms with E-state index in [0.29, 0.717) is 26.0 Å². The molecule has 2 aliphatic rings. The summed E-state index contributed by atoms with van der Waals surface area (Å²) in [5.41, 5.74) is 0. The number of benzene rings is 1. The highest BCUT2D eigenvalue weighted by Crippen LogP contribution is 2.30. The first-order valence-corrected chi connectivity index (χ1v) is 10.6. The molecule has 1 aromatic rings. The molecule has 0 bridgehead atoms. The van der Waals surface area contributed by atoms with E-state index >= 15 is 0 Å². The normalized spacial score (nSPS) is 23.9. The van der Waals surface area contributed by atoms with Gasteiger partial charge in [-0.25, -0.2) is 12.8 Å². The van der Waals surface area contributed by atoms with Crippen molar-refractivity contribution in [2.45, 2.75) is 36.7 Å². The summed E-state index contributed by atoms with van der Waals surface area (Å²) in [5, 5.41) is 2.87. The summed E-state index contributed by atoms with van der Waals surface area (Å²) in [6.45, 7) is 1.52. The number of rotatable bonds is 6. The number of carbonyl (C=O) groups excluding carboxylic acids is 1. The second kappa shape index (κ2) is 8.53. The van der Waals surface area contributed by atoms with E-state index in [1.807, 2.05) is 0 Å². The van der Waals surface area contributed by atoms with Gasteiger partial charge in [0.15, 0.2) is 0 Å². The Morgan fingerprint density at radius 3 is 2.89 bits per heavy atom. The van der Waals surface area contributed by atoms with Gasteiger partial charge < -0.3 is 14.8 Å². The molecule has 9 heteroatoms. The Hall–Kier alpha value is -1.71. The van der Waals surface area contributed by atoms with Crippen molar-refractivity contribution in [3.8, 4) is 5.75 Å². The van der Waals surface area contributed by atoms with E-state index in [1.54, 1.807) is 0 Å². The second-order valence-electron chi connectivity index (χ2n) is 6.88. The van der Waals surface area contributed by atoms with Gasteiger partial charge in [0.2, 0.25) is 15.9 Å². The Morgan fingerprint density at radius 2 is 2.19 bits per heavy atom. The molecule has 2 atom stereocenters. The third-order valence-electron chi connectivity index (χ3n) is 5.03. The van der Waals surface area contributed by atoms with E-state index < -0.39 is 21.8 Å². The van der Waals surface area contributed by atoms with Crippen LogP contribution in [-0.2, 0) is 19.6 Å². The van der Waals surface area contributed by atoms with Gasteiger partial charge in [-0.15, -0.1) is 0 Å². The molecule has 2 heterocycles. The topological polar surface area (TPSA) is 84.9 Å². The maximum Gasteiger partial charge on any atom is 0.246 e. The first-order valence-electron chi connectivity index (χ1n) is 9.15. The van der Waals surface area contributed by atoms with Crippen LogP contribution in [0.4, 0.5) is 4.39 Å². The minimum Gasteiger partial charge on any atom is -0.495 e. The molecule has 0 radical (unpaired) electrons. The largest absolute Gasteiger partial charge is 0.495 e. The lowest BCUT2D eigenvalue weighted by Gasteiger charge is -2.31. The third kappa shape index (κ3) is 4.59. The third-order valence-corrected chi connectivity index (χ3v) is 6.91. The molecular weight excluding hydrogens is 375 g/mol. The number of piperidine rings is 1. The first kappa shape index (κ1) is 20.0. The number of nitrogens with zero attached hydrogens (tertiary/aromatic N) is 1. The fraction of sp³-hybridized carbons (Fsp3) is 0.611. The smallest absolute Gasteiger partial charge is 0.246 e. The van der Waals surface area contributed by atoms with E-state index in [0.717, 1.165) is 25.0 Å². The summed E-state index contributed by atoms with van der Waals surface area (Å²) in [6.07, 6.45) is 3.13. The zero-order valence-corrected chi connectivity index (χ0v) is 16.1. The van der Waals surface area contributed by atoms with Crippen LogP contribution >= 0.6 is 0 Å². The van der Waals surface area contributed by atoms with E-state index in [-0.39, 0.29) is 35.7 Å². The Labute approximate surface area is 158 Å². The summed E-state index contributed by atoms with van der Waals surface area (Å²) in [6, 6.07) is 3.39. The number of nitrogens with one attached hydrogen (secondary N) is 1. The summed E-state index contributed by atoms with van der Waals surface area (Å²) in [7, 11) is -2.62. The van der Waals surface area contributed by atoms with Gasteiger partial charge in [0.1, 0.15) is 16.5 Å². The van der Waals surface area contributed by atoms with Crippen LogP contribution in [-0.4, -0.2) is 58.1 Å². The number of carbonyl (C=O) groups is 1. The van der Waals surface area contributed by atoms with Crippen LogP contribution in [0.2, 0.25) is 0 Å². The number of amides is 1. The maximum atomic E-state index is 13.6. The number of ether oxygens (including phenoxy) is 2. The van der Waals surface area contributed by atoms with Gasteiger partial charge in [-0.05, 0) is 43.9 Å². The van der Waals surface area contributed by atoms with Crippen molar-refractivity contribution in [2.24, 2.45) is 5.92 Å². The Bertz CT molecular complexity index is 780. The zero-order valence-electron chi connectivity index (χ0n) is 15.3. The average Bonchev–Trinajstić information content (AvgIpc) is 3.19. The van der Waals surface area contributed by atoms with Crippen LogP contribution < -0.4 is 10.1 Å². The van der Waals surface area contributed by atoms with Crippen molar-refractivity contribution in [3.63, 3.8) is 0 Å². The van der Waals surface area contributed by atoms with Gasteiger partial charge in [-0.3, -0.25) is 4.79 Å². The average molecular weight is 400 g/mol. The molecule has 0 aliphatic carbocycles. The fourth-order valence-corrected chi connectivity index (χ4v) is 5.22. The first-order chi connectivity index (χ1) is 12.9. The number of hydrogen-bond acceptors (Lipinski definition) is 5. The molecule has 3 rings (SSSR count). The number of methoxy groups -OCH3 is 1. The SMILES string of the molecule is COc1ccc(F)cc1S(=O)(=O)N1CCCC(C(=O)NCC2CCCO2)C1. The molecule has 0 saturated carbocycles. The molecule has 27 heavy (non-hydrogen) atoms. The number of sulfonamides is 1. The lowest BCUT2D eigenvalue weighted by Crippen LogP contribution is -2.46. The van der Waals surface area contributed by atoms with E-state index in [1.165, 1.54) is 17.5 Å². The van der Waals surface area contributed by atoms with Crippen LogP contribution in [0.1, 0.15) is 25.7 Å². The predicted molar refractivity (Wildman–Crippen MR) is 96.4 cm³/mol. The van der Waals surface area contributed by atoms with Crippen molar-refractivity contribution in [1.29, 1.82) is 0 Å². The van der Waals surface area contributed by atoms with Gasteiger partial charge in [-0.1, -0.05) is 0 Å². The molecule has 2 saturated heterocycles. The molecule has 1 aromatic carbocycles. The van der Waals surface area contributed by atoms with Crippen molar-refractivity contribution in [2.75, 3.05) is 33.4 Å². The van der Waals surface area contributed by atoms with Crippen LogP contribution in [0.5, 0.6) is 5.75 Å². The molecule has 2 unspecified atom stereocenters. The molecule has 1 amide bonds. The van der Waals surface area contributed by atoms with Gasteiger partial charge >= 0.3 is 0 Å². The molecule has 0 spiro atoms. The fourth-order valence-electron chi connectivity index (χ4n) is 3.53. The van der Waals surface area contributed by atoms with Gasteiger partial charge in [-0.2, -0.15) is 4.31 Å². The minimum atomic E-state index is -3.96. The van der Waals surface area contributed by atoms with Crippen LogP contribution in [0, 0.1) is 11.7 Å². The molecular formula is C18H25FN2O5S. The van der Waals surface area contributed by atoms with E-state index in [4.69, 9.17) is 9.47 Å². The highest BCUT2D eigenvalue weighted by Gasteiger charge is 2.35. The molecule has 2 aliphatic heterocycles. The van der Waals surface area contributed by atoms with Crippen LogP contribution in [0.15, 0.2) is 23.1 Å².